The van der Waals surface area contributed by atoms with Crippen LogP contribution < -0.4 is 0 Å². The normalized spacial score (nSPS) is 26.2. The van der Waals surface area contributed by atoms with Crippen LogP contribution in [0.1, 0.15) is 41.0 Å². The van der Waals surface area contributed by atoms with Crippen molar-refractivity contribution in [3.63, 3.8) is 0 Å². The molecule has 0 saturated carbocycles. The van der Waals surface area contributed by atoms with Crippen LogP contribution in [0.4, 0.5) is 13.2 Å². The zero-order valence-electron chi connectivity index (χ0n) is 10.7. The first-order chi connectivity index (χ1) is 6.91. The van der Waals surface area contributed by atoms with Gasteiger partial charge in [0.25, 0.3) is 0 Å². The van der Waals surface area contributed by atoms with E-state index in [0.29, 0.717) is 0 Å². The third-order valence-corrected chi connectivity index (χ3v) is 2.35. The second kappa shape index (κ2) is 7.97. The molecule has 0 aromatic heterocycles. The van der Waals surface area contributed by atoms with Crippen molar-refractivity contribution in [2.24, 2.45) is 5.92 Å². The Morgan fingerprint density at radius 1 is 1.07 bits per heavy atom. The molecule has 1 nitrogen and oxygen atoms in total. The fraction of sp³-hybridized carbons (Fsp3) is 1.00. The number of halogens is 3. The quantitative estimate of drug-likeness (QED) is 0.606. The Hall–Kier alpha value is -0.250. The molecule has 0 aromatic rings. The lowest BCUT2D eigenvalue weighted by Gasteiger charge is -2.14. The monoisotopic (exact) mass is 227 g/mol. The number of rotatable bonds is 0. The van der Waals surface area contributed by atoms with Crippen molar-refractivity contribution in [2.75, 3.05) is 13.6 Å². The molecule has 1 fully saturated rings. The van der Waals surface area contributed by atoms with Crippen LogP contribution in [0.2, 0.25) is 0 Å². The Morgan fingerprint density at radius 2 is 1.47 bits per heavy atom. The molecule has 2 atom stereocenters. The summed E-state index contributed by atoms with van der Waals surface area (Å²) in [5, 5.41) is 0. The van der Waals surface area contributed by atoms with Gasteiger partial charge in [-0.3, -0.25) is 0 Å². The summed E-state index contributed by atoms with van der Waals surface area (Å²) in [6.45, 7) is 9.98. The summed E-state index contributed by atoms with van der Waals surface area (Å²) in [5.41, 5.74) is 0. The van der Waals surface area contributed by atoms with E-state index in [1.165, 1.54) is 0 Å². The van der Waals surface area contributed by atoms with Gasteiger partial charge in [0.15, 0.2) is 0 Å². The molecule has 0 spiro atoms. The van der Waals surface area contributed by atoms with Crippen molar-refractivity contribution in [3.8, 4) is 0 Å². The van der Waals surface area contributed by atoms with Gasteiger partial charge in [0.2, 0.25) is 0 Å². The Morgan fingerprint density at radius 3 is 1.60 bits per heavy atom. The molecule has 15 heavy (non-hydrogen) atoms. The molecule has 1 saturated heterocycles. The van der Waals surface area contributed by atoms with Crippen molar-refractivity contribution in [1.29, 1.82) is 0 Å². The summed E-state index contributed by atoms with van der Waals surface area (Å²) in [6.07, 6.45) is -3.75. The summed E-state index contributed by atoms with van der Waals surface area (Å²) in [6, 6.07) is 0.0709. The number of likely N-dealkylation sites (tertiary alicyclic amines) is 1. The van der Waals surface area contributed by atoms with Gasteiger partial charge in [0.05, 0.1) is 5.92 Å². The van der Waals surface area contributed by atoms with Crippen molar-refractivity contribution in [2.45, 2.75) is 53.3 Å². The zero-order chi connectivity index (χ0) is 12.6. The van der Waals surface area contributed by atoms with Crippen LogP contribution in [-0.4, -0.2) is 30.7 Å². The Kier molecular flexibility index (Phi) is 9.11. The van der Waals surface area contributed by atoms with Crippen LogP contribution in [-0.2, 0) is 0 Å². The topological polar surface area (TPSA) is 3.24 Å². The highest BCUT2D eigenvalue weighted by atomic mass is 19.4. The minimum Gasteiger partial charge on any atom is -0.303 e. The minimum absolute atomic E-state index is 0.0709. The van der Waals surface area contributed by atoms with E-state index in [9.17, 15) is 13.2 Å². The standard InChI is InChI=1S/C7H12F3N.2C2H6/c1-5-3-6(4-11(5)2)7(8,9)10;2*1-2/h5-6H,3-4H2,1-2H3;2*1-2H3. The molecule has 1 aliphatic rings. The molecular weight excluding hydrogens is 203 g/mol. The maximum absolute atomic E-state index is 12.1. The summed E-state index contributed by atoms with van der Waals surface area (Å²) < 4.78 is 36.2. The maximum Gasteiger partial charge on any atom is 0.393 e. The molecule has 1 rings (SSSR count). The molecular formula is C11H24F3N. The lowest BCUT2D eigenvalue weighted by Crippen LogP contribution is -2.26. The van der Waals surface area contributed by atoms with E-state index in [2.05, 4.69) is 0 Å². The highest BCUT2D eigenvalue weighted by molar-refractivity contribution is 4.84. The van der Waals surface area contributed by atoms with E-state index >= 15 is 0 Å². The fourth-order valence-electron chi connectivity index (χ4n) is 1.43. The lowest BCUT2D eigenvalue weighted by molar-refractivity contribution is -0.170. The molecule has 0 N–H and O–H groups in total. The van der Waals surface area contributed by atoms with Crippen LogP contribution in [0.25, 0.3) is 0 Å². The van der Waals surface area contributed by atoms with Gasteiger partial charge in [-0.2, -0.15) is 13.2 Å². The lowest BCUT2D eigenvalue weighted by atomic mass is 10.1. The Balaban J connectivity index is 0. The molecule has 0 aromatic carbocycles. The van der Waals surface area contributed by atoms with E-state index < -0.39 is 12.1 Å². The van der Waals surface area contributed by atoms with Gasteiger partial charge in [0.1, 0.15) is 0 Å². The maximum atomic E-state index is 12.1. The Bertz CT molecular complexity index is 135. The first-order valence-corrected chi connectivity index (χ1v) is 5.68. The average Bonchev–Trinajstić information content (AvgIpc) is 2.53. The molecule has 0 radical (unpaired) electrons. The van der Waals surface area contributed by atoms with Crippen molar-refractivity contribution < 1.29 is 13.2 Å². The van der Waals surface area contributed by atoms with Gasteiger partial charge in [-0.05, 0) is 20.4 Å². The summed E-state index contributed by atoms with van der Waals surface area (Å²) in [5.74, 6) is -1.11. The van der Waals surface area contributed by atoms with Gasteiger partial charge >= 0.3 is 6.18 Å². The van der Waals surface area contributed by atoms with Crippen LogP contribution in [0, 0.1) is 5.92 Å². The van der Waals surface area contributed by atoms with Crippen LogP contribution in [0.5, 0.6) is 0 Å². The highest BCUT2D eigenvalue weighted by Crippen LogP contribution is 2.35. The van der Waals surface area contributed by atoms with Crippen LogP contribution in [0.3, 0.4) is 0 Å². The van der Waals surface area contributed by atoms with Crippen molar-refractivity contribution >= 4 is 0 Å². The first-order valence-electron chi connectivity index (χ1n) is 5.68. The van der Waals surface area contributed by atoms with Crippen molar-refractivity contribution in [3.05, 3.63) is 0 Å². The first kappa shape index (κ1) is 17.2. The predicted octanol–water partition coefficient (Wildman–Crippen LogP) is 3.94. The van der Waals surface area contributed by atoms with E-state index in [1.807, 2.05) is 34.6 Å². The molecule has 1 heterocycles. The van der Waals surface area contributed by atoms with E-state index in [0.717, 1.165) is 0 Å². The highest BCUT2D eigenvalue weighted by Gasteiger charge is 2.44. The van der Waals surface area contributed by atoms with Crippen LogP contribution in [0.15, 0.2) is 0 Å². The number of hydrogen-bond donors (Lipinski definition) is 0. The third kappa shape index (κ3) is 6.03. The van der Waals surface area contributed by atoms with Crippen molar-refractivity contribution in [1.82, 2.24) is 4.90 Å². The number of alkyl halides is 3. The van der Waals surface area contributed by atoms with E-state index in [1.54, 1.807) is 11.9 Å². The van der Waals surface area contributed by atoms with Gasteiger partial charge < -0.3 is 4.90 Å². The Labute approximate surface area is 91.7 Å². The average molecular weight is 227 g/mol. The van der Waals surface area contributed by atoms with E-state index in [-0.39, 0.29) is 19.0 Å². The van der Waals surface area contributed by atoms with Gasteiger partial charge in [-0.25, -0.2) is 0 Å². The molecule has 0 aliphatic carbocycles. The summed E-state index contributed by atoms with van der Waals surface area (Å²) in [4.78, 5) is 1.75. The number of nitrogens with zero attached hydrogens (tertiary/aromatic N) is 1. The van der Waals surface area contributed by atoms with E-state index in [4.69, 9.17) is 0 Å². The largest absolute Gasteiger partial charge is 0.393 e. The summed E-state index contributed by atoms with van der Waals surface area (Å²) in [7, 11) is 1.73. The van der Waals surface area contributed by atoms with Gasteiger partial charge in [-0.1, -0.05) is 27.7 Å². The van der Waals surface area contributed by atoms with Gasteiger partial charge in [0, 0.05) is 12.6 Å². The van der Waals surface area contributed by atoms with Crippen LogP contribution >= 0.6 is 0 Å². The molecule has 1 aliphatic heterocycles. The third-order valence-electron chi connectivity index (χ3n) is 2.35. The molecule has 4 heteroatoms. The smallest absolute Gasteiger partial charge is 0.303 e. The molecule has 94 valence electrons. The molecule has 2 unspecified atom stereocenters. The second-order valence-corrected chi connectivity index (χ2v) is 3.26. The predicted molar refractivity (Wildman–Crippen MR) is 59.0 cm³/mol. The minimum atomic E-state index is -4.00. The van der Waals surface area contributed by atoms with Gasteiger partial charge in [-0.15, -0.1) is 0 Å². The summed E-state index contributed by atoms with van der Waals surface area (Å²) >= 11 is 0. The fourth-order valence-corrected chi connectivity index (χ4v) is 1.43. The SMILES string of the molecule is CC.CC.CC1CC(C(F)(F)F)CN1C. The molecule has 0 amide bonds. The zero-order valence-corrected chi connectivity index (χ0v) is 10.7. The molecule has 0 bridgehead atoms. The second-order valence-electron chi connectivity index (χ2n) is 3.26. The number of hydrogen-bond acceptors (Lipinski definition) is 1.